The number of benzene rings is 2. The van der Waals surface area contributed by atoms with Crippen molar-refractivity contribution in [1.29, 1.82) is 0 Å². The van der Waals surface area contributed by atoms with Gasteiger partial charge in [0.1, 0.15) is 5.54 Å². The molecule has 1 fully saturated rings. The largest absolute Gasteiger partial charge is 0.344 e. The molecule has 3 aromatic rings. The number of Topliss-reactive ketones (excluding diaryl/α,β-unsaturated/α-hetero) is 1. The molecular weight excluding hydrogens is 426 g/mol. The molecule has 1 saturated heterocycles. The summed E-state index contributed by atoms with van der Waals surface area (Å²) in [6.45, 7) is 5.97. The van der Waals surface area contributed by atoms with Crippen LogP contribution in [0.2, 0.25) is 0 Å². The van der Waals surface area contributed by atoms with Crippen molar-refractivity contribution in [1.82, 2.24) is 14.8 Å². The Morgan fingerprint density at radius 3 is 2.50 bits per heavy atom. The van der Waals surface area contributed by atoms with Gasteiger partial charge >= 0.3 is 6.03 Å². The summed E-state index contributed by atoms with van der Waals surface area (Å²) in [6, 6.07) is 17.4. The smallest absolute Gasteiger partial charge is 0.325 e. The fourth-order valence-electron chi connectivity index (χ4n) is 5.24. The summed E-state index contributed by atoms with van der Waals surface area (Å²) in [5, 5.41) is 2.84. The SMILES string of the molecule is Cc1cc(C(=O)CN2C(=O)NC(C)(c3ccc4c(c3)CCC4)C2=O)c(C)n1Cc1ccccc1. The van der Waals surface area contributed by atoms with Crippen LogP contribution in [0.1, 0.15) is 57.3 Å². The number of aryl methyl sites for hydroxylation is 3. The minimum atomic E-state index is -1.17. The molecule has 174 valence electrons. The highest BCUT2D eigenvalue weighted by atomic mass is 16.2. The highest BCUT2D eigenvalue weighted by Crippen LogP contribution is 2.33. The van der Waals surface area contributed by atoms with Crippen molar-refractivity contribution in [3.05, 3.63) is 93.8 Å². The Balaban J connectivity index is 1.37. The third-order valence-corrected chi connectivity index (χ3v) is 7.31. The van der Waals surface area contributed by atoms with Gasteiger partial charge in [-0.15, -0.1) is 0 Å². The number of fused-ring (bicyclic) bond motifs is 1. The van der Waals surface area contributed by atoms with Gasteiger partial charge in [0.05, 0.1) is 6.54 Å². The van der Waals surface area contributed by atoms with Crippen LogP contribution < -0.4 is 5.32 Å². The Morgan fingerprint density at radius 1 is 1.00 bits per heavy atom. The van der Waals surface area contributed by atoms with Gasteiger partial charge in [-0.2, -0.15) is 0 Å². The summed E-state index contributed by atoms with van der Waals surface area (Å²) >= 11 is 0. The fourth-order valence-corrected chi connectivity index (χ4v) is 5.24. The Bertz CT molecular complexity index is 1310. The maximum Gasteiger partial charge on any atom is 0.325 e. The third kappa shape index (κ3) is 3.63. The highest BCUT2D eigenvalue weighted by molar-refractivity contribution is 6.11. The normalized spacial score (nSPS) is 19.4. The van der Waals surface area contributed by atoms with Gasteiger partial charge in [0, 0.05) is 23.5 Å². The number of ketones is 1. The molecule has 0 radical (unpaired) electrons. The lowest BCUT2D eigenvalue weighted by molar-refractivity contribution is -0.130. The van der Waals surface area contributed by atoms with Gasteiger partial charge in [0.15, 0.2) is 5.78 Å². The average Bonchev–Trinajstić information content (AvgIpc) is 3.47. The van der Waals surface area contributed by atoms with E-state index in [-0.39, 0.29) is 18.2 Å². The van der Waals surface area contributed by atoms with Gasteiger partial charge in [-0.1, -0.05) is 48.5 Å². The summed E-state index contributed by atoms with van der Waals surface area (Å²) in [5.41, 5.74) is 5.62. The minimum absolute atomic E-state index is 0.242. The molecule has 2 aromatic carbocycles. The number of rotatable bonds is 6. The first kappa shape index (κ1) is 22.1. The highest BCUT2D eigenvalue weighted by Gasteiger charge is 2.49. The molecule has 34 heavy (non-hydrogen) atoms. The number of nitrogens with one attached hydrogen (secondary N) is 1. The molecule has 0 saturated carbocycles. The topological polar surface area (TPSA) is 71.4 Å². The van der Waals surface area contributed by atoms with E-state index in [9.17, 15) is 14.4 Å². The molecule has 2 aliphatic rings. The van der Waals surface area contributed by atoms with Gasteiger partial charge in [-0.3, -0.25) is 14.5 Å². The van der Waals surface area contributed by atoms with Crippen LogP contribution in [0.3, 0.4) is 0 Å². The molecule has 1 unspecified atom stereocenters. The Labute approximate surface area is 199 Å². The number of carbonyl (C=O) groups is 3. The molecule has 6 heteroatoms. The van der Waals surface area contributed by atoms with E-state index in [1.165, 1.54) is 11.1 Å². The van der Waals surface area contributed by atoms with Crippen LogP contribution in [-0.2, 0) is 29.7 Å². The van der Waals surface area contributed by atoms with E-state index in [1.807, 2.05) is 62.4 Å². The van der Waals surface area contributed by atoms with E-state index in [2.05, 4.69) is 16.0 Å². The second-order valence-electron chi connectivity index (χ2n) is 9.56. The molecule has 0 bridgehead atoms. The van der Waals surface area contributed by atoms with Crippen LogP contribution in [-0.4, -0.2) is 33.7 Å². The van der Waals surface area contributed by atoms with Gasteiger partial charge in [0.2, 0.25) is 0 Å². The monoisotopic (exact) mass is 455 g/mol. The van der Waals surface area contributed by atoms with E-state index in [0.717, 1.165) is 46.7 Å². The number of amides is 3. The van der Waals surface area contributed by atoms with Crippen molar-refractivity contribution < 1.29 is 14.4 Å². The number of imide groups is 1. The summed E-state index contributed by atoms with van der Waals surface area (Å²) in [6.07, 6.45) is 3.15. The van der Waals surface area contributed by atoms with Gasteiger partial charge < -0.3 is 9.88 Å². The molecule has 1 aromatic heterocycles. The van der Waals surface area contributed by atoms with Gasteiger partial charge in [-0.05, 0) is 68.4 Å². The number of hydrogen-bond acceptors (Lipinski definition) is 3. The molecule has 6 nitrogen and oxygen atoms in total. The maximum atomic E-state index is 13.4. The van der Waals surface area contributed by atoms with Crippen LogP contribution >= 0.6 is 0 Å². The van der Waals surface area contributed by atoms with Crippen molar-refractivity contribution in [2.45, 2.75) is 52.1 Å². The van der Waals surface area contributed by atoms with E-state index in [1.54, 1.807) is 6.92 Å². The quantitative estimate of drug-likeness (QED) is 0.445. The summed E-state index contributed by atoms with van der Waals surface area (Å²) in [4.78, 5) is 40.5. The molecule has 1 atom stereocenters. The van der Waals surface area contributed by atoms with Gasteiger partial charge in [0.25, 0.3) is 5.91 Å². The zero-order valence-corrected chi connectivity index (χ0v) is 19.9. The lowest BCUT2D eigenvalue weighted by Gasteiger charge is -2.23. The van der Waals surface area contributed by atoms with Crippen molar-refractivity contribution in [2.24, 2.45) is 0 Å². The fraction of sp³-hybridized carbons (Fsp3) is 0.321. The zero-order valence-electron chi connectivity index (χ0n) is 19.9. The predicted octanol–water partition coefficient (Wildman–Crippen LogP) is 4.29. The van der Waals surface area contributed by atoms with E-state index < -0.39 is 11.6 Å². The molecule has 0 spiro atoms. The van der Waals surface area contributed by atoms with Crippen LogP contribution in [0.4, 0.5) is 4.79 Å². The summed E-state index contributed by atoms with van der Waals surface area (Å²) < 4.78 is 2.09. The molecule has 1 aliphatic carbocycles. The second kappa shape index (κ2) is 8.28. The van der Waals surface area contributed by atoms with Crippen molar-refractivity contribution in [2.75, 3.05) is 6.54 Å². The lowest BCUT2D eigenvalue weighted by Crippen LogP contribution is -2.41. The van der Waals surface area contributed by atoms with Crippen molar-refractivity contribution >= 4 is 17.7 Å². The lowest BCUT2D eigenvalue weighted by atomic mass is 9.89. The van der Waals surface area contributed by atoms with Gasteiger partial charge in [-0.25, -0.2) is 4.79 Å². The Morgan fingerprint density at radius 2 is 1.74 bits per heavy atom. The van der Waals surface area contributed by atoms with Crippen LogP contribution in [0.25, 0.3) is 0 Å². The number of urea groups is 1. The molecule has 3 amide bonds. The third-order valence-electron chi connectivity index (χ3n) is 7.31. The molecule has 2 heterocycles. The zero-order chi connectivity index (χ0) is 24.0. The first-order valence-corrected chi connectivity index (χ1v) is 11.8. The van der Waals surface area contributed by atoms with Crippen molar-refractivity contribution in [3.8, 4) is 0 Å². The summed E-state index contributed by atoms with van der Waals surface area (Å²) in [7, 11) is 0. The van der Waals surface area contributed by atoms with Crippen molar-refractivity contribution in [3.63, 3.8) is 0 Å². The molecule has 1 N–H and O–H groups in total. The molecular formula is C28H29N3O3. The van der Waals surface area contributed by atoms with E-state index in [0.29, 0.717) is 12.1 Å². The van der Waals surface area contributed by atoms with E-state index in [4.69, 9.17) is 0 Å². The number of hydrogen-bond donors (Lipinski definition) is 1. The molecule has 1 aliphatic heterocycles. The predicted molar refractivity (Wildman–Crippen MR) is 130 cm³/mol. The first-order valence-electron chi connectivity index (χ1n) is 11.8. The minimum Gasteiger partial charge on any atom is -0.344 e. The van der Waals surface area contributed by atoms with Crippen LogP contribution in [0, 0.1) is 13.8 Å². The maximum absolute atomic E-state index is 13.4. The van der Waals surface area contributed by atoms with Crippen LogP contribution in [0.5, 0.6) is 0 Å². The van der Waals surface area contributed by atoms with Crippen LogP contribution in [0.15, 0.2) is 54.6 Å². The number of aromatic nitrogens is 1. The standard InChI is InChI=1S/C28H29N3O3/c1-18-14-24(19(2)30(18)16-20-8-5-4-6-9-20)25(32)17-31-26(33)28(3,29-27(31)34)23-13-12-21-10-7-11-22(21)15-23/h4-6,8-9,12-15H,7,10-11,16-17H2,1-3H3,(H,29,34). The Kier molecular flexibility index (Phi) is 5.39. The number of nitrogens with zero attached hydrogens (tertiary/aromatic N) is 2. The number of carbonyl (C=O) groups excluding carboxylic acids is 3. The Hall–Kier alpha value is -3.67. The molecule has 5 rings (SSSR count). The second-order valence-corrected chi connectivity index (χ2v) is 9.56. The first-order chi connectivity index (χ1) is 16.3. The summed E-state index contributed by atoms with van der Waals surface area (Å²) in [5.74, 6) is -0.629. The average molecular weight is 456 g/mol. The van der Waals surface area contributed by atoms with E-state index >= 15 is 0 Å².